The second kappa shape index (κ2) is 12.9. The van der Waals surface area contributed by atoms with Crippen LogP contribution < -0.4 is 9.64 Å². The van der Waals surface area contributed by atoms with Crippen molar-refractivity contribution < 1.29 is 4.74 Å². The number of hydrogen-bond acceptors (Lipinski definition) is 5. The third-order valence-electron chi connectivity index (χ3n) is 11.6. The number of rotatable bonds is 5. The van der Waals surface area contributed by atoms with E-state index in [1.54, 1.807) is 0 Å². The molecule has 8 aromatic rings. The van der Waals surface area contributed by atoms with Gasteiger partial charge < -0.3 is 9.64 Å². The van der Waals surface area contributed by atoms with Crippen LogP contribution in [0.3, 0.4) is 0 Å². The summed E-state index contributed by atoms with van der Waals surface area (Å²) >= 11 is 0. The second-order valence-electron chi connectivity index (χ2n) is 15.7. The first-order valence-electron chi connectivity index (χ1n) is 19.2. The zero-order chi connectivity index (χ0) is 38.0. The smallest absolute Gasteiger partial charge is 0.164 e. The minimum atomic E-state index is -0.308. The molecule has 1 aliphatic carbocycles. The molecule has 1 aromatic heterocycles. The monoisotopic (exact) mass is 724 g/mol. The quantitative estimate of drug-likeness (QED) is 0.177. The van der Waals surface area contributed by atoms with E-state index in [9.17, 15) is 0 Å². The predicted octanol–water partition coefficient (Wildman–Crippen LogP) is 13.1. The first-order chi connectivity index (χ1) is 27.3. The largest absolute Gasteiger partial charge is 0.453 e. The van der Waals surface area contributed by atoms with E-state index in [0.717, 1.165) is 56.4 Å². The molecule has 270 valence electrons. The molecule has 1 aliphatic heterocycles. The van der Waals surface area contributed by atoms with Crippen molar-refractivity contribution in [1.29, 1.82) is 0 Å². The topological polar surface area (TPSA) is 51.1 Å². The van der Waals surface area contributed by atoms with Gasteiger partial charge in [0, 0.05) is 33.2 Å². The Morgan fingerprint density at radius 2 is 0.821 bits per heavy atom. The van der Waals surface area contributed by atoms with Gasteiger partial charge in [0.1, 0.15) is 0 Å². The Labute approximate surface area is 328 Å². The van der Waals surface area contributed by atoms with Crippen molar-refractivity contribution in [2.75, 3.05) is 4.90 Å². The van der Waals surface area contributed by atoms with E-state index in [4.69, 9.17) is 19.7 Å². The average molecular weight is 725 g/mol. The van der Waals surface area contributed by atoms with Gasteiger partial charge in [-0.2, -0.15) is 0 Å². The van der Waals surface area contributed by atoms with Gasteiger partial charge in [-0.15, -0.1) is 0 Å². The Balaban J connectivity index is 1.07. The van der Waals surface area contributed by atoms with Gasteiger partial charge in [0.2, 0.25) is 0 Å². The van der Waals surface area contributed by atoms with Crippen molar-refractivity contribution in [3.63, 3.8) is 0 Å². The van der Waals surface area contributed by atoms with E-state index >= 15 is 0 Å². The number of hydrogen-bond donors (Lipinski definition) is 0. The number of nitrogens with zero attached hydrogens (tertiary/aromatic N) is 4. The molecule has 0 N–H and O–H groups in total. The van der Waals surface area contributed by atoms with E-state index in [1.165, 1.54) is 22.3 Å². The fourth-order valence-corrected chi connectivity index (χ4v) is 8.55. The molecule has 10 rings (SSSR count). The van der Waals surface area contributed by atoms with Crippen LogP contribution in [-0.4, -0.2) is 15.0 Å². The van der Waals surface area contributed by atoms with Crippen molar-refractivity contribution in [2.45, 2.75) is 38.5 Å². The highest BCUT2D eigenvalue weighted by Crippen LogP contribution is 2.53. The zero-order valence-electron chi connectivity index (χ0n) is 31.9. The van der Waals surface area contributed by atoms with Crippen LogP contribution in [0.5, 0.6) is 11.5 Å². The van der Waals surface area contributed by atoms with Crippen molar-refractivity contribution in [3.8, 4) is 56.8 Å². The summed E-state index contributed by atoms with van der Waals surface area (Å²) in [6.07, 6.45) is 0. The van der Waals surface area contributed by atoms with Crippen LogP contribution >= 0.6 is 0 Å². The fourth-order valence-electron chi connectivity index (χ4n) is 8.55. The third-order valence-corrected chi connectivity index (χ3v) is 11.6. The highest BCUT2D eigenvalue weighted by atomic mass is 16.5. The summed E-state index contributed by atoms with van der Waals surface area (Å²) in [5.41, 5.74) is 13.0. The minimum Gasteiger partial charge on any atom is -0.453 e. The normalized spacial score (nSPS) is 14.5. The lowest BCUT2D eigenvalue weighted by atomic mass is 9.59. The summed E-state index contributed by atoms with van der Waals surface area (Å²) in [4.78, 5) is 17.3. The number of aromatic nitrogens is 3. The van der Waals surface area contributed by atoms with Gasteiger partial charge in [0.25, 0.3) is 0 Å². The summed E-state index contributed by atoms with van der Waals surface area (Å²) in [5.74, 6) is 3.65. The van der Waals surface area contributed by atoms with Crippen LogP contribution in [0.4, 0.5) is 17.1 Å². The van der Waals surface area contributed by atoms with Crippen LogP contribution in [0.15, 0.2) is 170 Å². The Bertz CT molecular complexity index is 2720. The predicted molar refractivity (Wildman–Crippen MR) is 227 cm³/mol. The van der Waals surface area contributed by atoms with E-state index in [-0.39, 0.29) is 10.8 Å². The number of para-hydroxylation sites is 3. The molecule has 2 heterocycles. The second-order valence-corrected chi connectivity index (χ2v) is 15.7. The third kappa shape index (κ3) is 5.50. The maximum atomic E-state index is 6.59. The maximum absolute atomic E-state index is 6.59. The number of anilines is 3. The van der Waals surface area contributed by atoms with Gasteiger partial charge in [-0.1, -0.05) is 149 Å². The number of ether oxygens (including phenoxy) is 1. The SMILES string of the molecule is CC1(C)c2ccc(-c3ccc4c(c3)Oc3ccccc3N4c3ccccc3)cc2C(C)(C)c2cc(-c3nc(-c4ccccc4)nc(-c4ccccc4)n3)ccc21. The maximum Gasteiger partial charge on any atom is 0.164 e. The Morgan fingerprint density at radius 3 is 1.45 bits per heavy atom. The highest BCUT2D eigenvalue weighted by Gasteiger charge is 2.42. The molecule has 2 aliphatic rings. The first-order valence-corrected chi connectivity index (χ1v) is 19.2. The lowest BCUT2D eigenvalue weighted by Gasteiger charge is -2.44. The molecule has 0 saturated heterocycles. The Kier molecular flexibility index (Phi) is 7.75. The molecule has 56 heavy (non-hydrogen) atoms. The van der Waals surface area contributed by atoms with Gasteiger partial charge in [-0.3, -0.25) is 0 Å². The van der Waals surface area contributed by atoms with Gasteiger partial charge in [0.05, 0.1) is 11.4 Å². The standard InChI is InChI=1S/C51H40N4O/c1-50(2)39-27-24-35(36-26-29-44-46(32-36)56-45-23-15-14-22-43(45)55(44)38-20-12-7-13-21-38)30-41(39)51(3,4)42-31-37(25-28-40(42)50)49-53-47(33-16-8-5-9-17-33)52-48(54-49)34-18-10-6-11-19-34/h5-32H,1-4H3. The Hall–Kier alpha value is -6.85. The van der Waals surface area contributed by atoms with Crippen LogP contribution in [0.25, 0.3) is 45.3 Å². The molecular formula is C51H40N4O. The summed E-state index contributed by atoms with van der Waals surface area (Å²) in [7, 11) is 0. The van der Waals surface area contributed by atoms with E-state index in [0.29, 0.717) is 17.5 Å². The van der Waals surface area contributed by atoms with Crippen molar-refractivity contribution in [1.82, 2.24) is 15.0 Å². The van der Waals surface area contributed by atoms with Crippen LogP contribution in [0.1, 0.15) is 49.9 Å². The molecule has 7 aromatic carbocycles. The van der Waals surface area contributed by atoms with Crippen molar-refractivity contribution in [2.24, 2.45) is 0 Å². The summed E-state index contributed by atoms with van der Waals surface area (Å²) in [5, 5.41) is 0. The molecule has 0 bridgehead atoms. The van der Waals surface area contributed by atoms with E-state index in [1.807, 2.05) is 78.9 Å². The minimum absolute atomic E-state index is 0.223. The summed E-state index contributed by atoms with van der Waals surface area (Å²) in [6, 6.07) is 59.4. The molecule has 0 amide bonds. The molecule has 0 spiro atoms. The molecular weight excluding hydrogens is 685 g/mol. The molecule has 0 radical (unpaired) electrons. The fraction of sp³-hybridized carbons (Fsp3) is 0.118. The summed E-state index contributed by atoms with van der Waals surface area (Å²) < 4.78 is 6.59. The molecule has 5 heteroatoms. The Morgan fingerprint density at radius 1 is 0.375 bits per heavy atom. The van der Waals surface area contributed by atoms with E-state index < -0.39 is 0 Å². The number of benzene rings is 7. The first kappa shape index (κ1) is 33.7. The molecule has 0 atom stereocenters. The van der Waals surface area contributed by atoms with Gasteiger partial charge in [0.15, 0.2) is 29.0 Å². The van der Waals surface area contributed by atoms with Crippen LogP contribution in [-0.2, 0) is 10.8 Å². The molecule has 0 unspecified atom stereocenters. The molecule has 0 fully saturated rings. The van der Waals surface area contributed by atoms with Gasteiger partial charge in [-0.05, 0) is 81.9 Å². The van der Waals surface area contributed by atoms with Crippen molar-refractivity contribution in [3.05, 3.63) is 192 Å². The van der Waals surface area contributed by atoms with Crippen molar-refractivity contribution >= 4 is 17.1 Å². The zero-order valence-corrected chi connectivity index (χ0v) is 31.9. The number of fused-ring (bicyclic) bond motifs is 4. The van der Waals surface area contributed by atoms with Gasteiger partial charge >= 0.3 is 0 Å². The van der Waals surface area contributed by atoms with Gasteiger partial charge in [-0.25, -0.2) is 15.0 Å². The molecule has 5 nitrogen and oxygen atoms in total. The van der Waals surface area contributed by atoms with Crippen LogP contribution in [0, 0.1) is 0 Å². The van der Waals surface area contributed by atoms with E-state index in [2.05, 4.69) is 124 Å². The van der Waals surface area contributed by atoms with Crippen LogP contribution in [0.2, 0.25) is 0 Å². The lowest BCUT2D eigenvalue weighted by molar-refractivity contribution is 0.477. The molecule has 0 saturated carbocycles. The average Bonchev–Trinajstić information content (AvgIpc) is 3.25. The lowest BCUT2D eigenvalue weighted by Crippen LogP contribution is -2.36. The highest BCUT2D eigenvalue weighted by molar-refractivity contribution is 5.88. The summed E-state index contributed by atoms with van der Waals surface area (Å²) in [6.45, 7) is 9.36.